The molecular weight excluding hydrogens is 505 g/mol. The maximum atomic E-state index is 12.6. The summed E-state index contributed by atoms with van der Waals surface area (Å²) in [5, 5.41) is 15.6. The van der Waals surface area contributed by atoms with Gasteiger partial charge in [0.05, 0.1) is 32.5 Å². The Balaban J connectivity index is 1.64. The summed E-state index contributed by atoms with van der Waals surface area (Å²) in [6.45, 7) is 6.30. The zero-order chi connectivity index (χ0) is 24.1. The van der Waals surface area contributed by atoms with E-state index in [0.717, 1.165) is 5.56 Å². The minimum Gasteiger partial charge on any atom is -0.342 e. The largest absolute Gasteiger partial charge is 0.342 e. The first-order valence-corrected chi connectivity index (χ1v) is 12.2. The van der Waals surface area contributed by atoms with Crippen molar-refractivity contribution in [2.24, 2.45) is 0 Å². The van der Waals surface area contributed by atoms with E-state index in [1.54, 1.807) is 6.07 Å². The molecule has 7 nitrogen and oxygen atoms in total. The van der Waals surface area contributed by atoms with Crippen LogP contribution in [-0.4, -0.2) is 32.3 Å². The Bertz CT molecular complexity index is 1180. The summed E-state index contributed by atoms with van der Waals surface area (Å²) in [6.07, 6.45) is 0. The summed E-state index contributed by atoms with van der Waals surface area (Å²) in [4.78, 5) is 25.0. The number of carbonyl (C=O) groups is 2. The highest BCUT2D eigenvalue weighted by Crippen LogP contribution is 2.32. The molecule has 2 aromatic carbocycles. The Labute approximate surface area is 211 Å². The molecule has 33 heavy (non-hydrogen) atoms. The normalized spacial score (nSPS) is 11.8. The molecule has 0 aliphatic carbocycles. The number of rotatable bonds is 8. The molecule has 1 heterocycles. The second-order valence-electron chi connectivity index (χ2n) is 7.23. The van der Waals surface area contributed by atoms with Crippen molar-refractivity contribution in [3.63, 3.8) is 0 Å². The maximum absolute atomic E-state index is 12.6. The first kappa shape index (κ1) is 25.4. The molecule has 11 heteroatoms. The van der Waals surface area contributed by atoms with Gasteiger partial charge in [-0.3, -0.25) is 9.59 Å². The van der Waals surface area contributed by atoms with Crippen molar-refractivity contribution in [3.8, 4) is 0 Å². The number of benzene rings is 2. The highest BCUT2D eigenvalue weighted by Gasteiger charge is 2.20. The Morgan fingerprint density at radius 1 is 1.09 bits per heavy atom. The Morgan fingerprint density at radius 2 is 1.82 bits per heavy atom. The van der Waals surface area contributed by atoms with E-state index >= 15 is 0 Å². The van der Waals surface area contributed by atoms with Crippen LogP contribution in [0.1, 0.15) is 41.6 Å². The quantitative estimate of drug-likeness (QED) is 0.286. The summed E-state index contributed by atoms with van der Waals surface area (Å²) in [6, 6.07) is 9.97. The fraction of sp³-hybridized carbons (Fsp3) is 0.273. The fourth-order valence-corrected chi connectivity index (χ4v) is 4.49. The van der Waals surface area contributed by atoms with Gasteiger partial charge in [0, 0.05) is 12.1 Å². The second-order valence-corrected chi connectivity index (χ2v) is 9.40. The lowest BCUT2D eigenvalue weighted by Gasteiger charge is -2.15. The average Bonchev–Trinajstić information content (AvgIpc) is 3.19. The number of aromatic nitrogens is 3. The molecule has 0 fully saturated rings. The van der Waals surface area contributed by atoms with Crippen LogP contribution in [0.25, 0.3) is 0 Å². The molecule has 1 aromatic heterocycles. The number of halogens is 3. The minimum absolute atomic E-state index is 0.0821. The number of carbonyl (C=O) groups excluding carboxylic acids is 2. The topological polar surface area (TPSA) is 88.9 Å². The number of nitrogens with one attached hydrogen (secondary N) is 2. The van der Waals surface area contributed by atoms with E-state index in [9.17, 15) is 9.59 Å². The van der Waals surface area contributed by atoms with Crippen LogP contribution < -0.4 is 10.6 Å². The van der Waals surface area contributed by atoms with Crippen molar-refractivity contribution < 1.29 is 9.59 Å². The van der Waals surface area contributed by atoms with Gasteiger partial charge in [0.2, 0.25) is 5.91 Å². The first-order chi connectivity index (χ1) is 15.7. The van der Waals surface area contributed by atoms with Crippen LogP contribution in [0.15, 0.2) is 41.6 Å². The first-order valence-electron chi connectivity index (χ1n) is 10.1. The Kier molecular flexibility index (Phi) is 8.64. The predicted octanol–water partition coefficient (Wildman–Crippen LogP) is 5.79. The number of nitrogens with zero attached hydrogens (tertiary/aromatic N) is 3. The van der Waals surface area contributed by atoms with Crippen molar-refractivity contribution in [2.75, 3.05) is 11.1 Å². The molecule has 1 atom stereocenters. The molecule has 3 rings (SSSR count). The van der Waals surface area contributed by atoms with Gasteiger partial charge < -0.3 is 15.2 Å². The van der Waals surface area contributed by atoms with Crippen LogP contribution in [-0.2, 0) is 11.3 Å². The zero-order valence-corrected chi connectivity index (χ0v) is 21.2. The van der Waals surface area contributed by atoms with Crippen LogP contribution in [0.4, 0.5) is 5.69 Å². The van der Waals surface area contributed by atoms with Gasteiger partial charge in [0.1, 0.15) is 0 Å². The van der Waals surface area contributed by atoms with Gasteiger partial charge in [-0.15, -0.1) is 10.2 Å². The summed E-state index contributed by atoms with van der Waals surface area (Å²) in [5.74, 6) is 0.213. The van der Waals surface area contributed by atoms with Crippen molar-refractivity contribution in [1.29, 1.82) is 0 Å². The second kappa shape index (κ2) is 11.2. The smallest absolute Gasteiger partial charge is 0.251 e. The van der Waals surface area contributed by atoms with E-state index in [-0.39, 0.29) is 23.6 Å². The summed E-state index contributed by atoms with van der Waals surface area (Å²) in [7, 11) is 0. The Hall–Kier alpha value is -2.26. The van der Waals surface area contributed by atoms with Crippen LogP contribution >= 0.6 is 46.6 Å². The highest BCUT2D eigenvalue weighted by molar-refractivity contribution is 7.99. The summed E-state index contributed by atoms with van der Waals surface area (Å²) >= 11 is 19.3. The lowest BCUT2D eigenvalue weighted by molar-refractivity contribution is -0.113. The molecule has 0 unspecified atom stereocenters. The molecule has 174 valence electrons. The molecule has 0 saturated heterocycles. The minimum atomic E-state index is -0.372. The van der Waals surface area contributed by atoms with Gasteiger partial charge >= 0.3 is 0 Å². The standard InChI is InChI=1S/C22H22Cl3N5O2S/c1-4-30-20(13(3)26-21(32)14-7-5-6-12(2)8-14)28-29-22(30)33-11-19(31)27-18-10-16(24)15(23)9-17(18)25/h5-10,13H,4,11H2,1-3H3,(H,26,32)(H,27,31)/t13-/m1/s1. The number of anilines is 1. The van der Waals surface area contributed by atoms with E-state index in [1.807, 2.05) is 43.5 Å². The zero-order valence-electron chi connectivity index (χ0n) is 18.2. The van der Waals surface area contributed by atoms with E-state index in [4.69, 9.17) is 34.8 Å². The van der Waals surface area contributed by atoms with Gasteiger partial charge in [-0.05, 0) is 45.0 Å². The molecule has 3 aromatic rings. The third kappa shape index (κ3) is 6.41. The third-order valence-electron chi connectivity index (χ3n) is 4.69. The Morgan fingerprint density at radius 3 is 2.52 bits per heavy atom. The number of hydrogen-bond acceptors (Lipinski definition) is 5. The molecule has 2 N–H and O–H groups in total. The highest BCUT2D eigenvalue weighted by atomic mass is 35.5. The molecule has 0 aliphatic heterocycles. The van der Waals surface area contributed by atoms with Gasteiger partial charge in [0.15, 0.2) is 11.0 Å². The van der Waals surface area contributed by atoms with Gasteiger partial charge in [-0.25, -0.2) is 0 Å². The van der Waals surface area contributed by atoms with Gasteiger partial charge in [-0.1, -0.05) is 64.3 Å². The summed E-state index contributed by atoms with van der Waals surface area (Å²) in [5.41, 5.74) is 1.96. The van der Waals surface area contributed by atoms with Crippen molar-refractivity contribution in [3.05, 3.63) is 68.4 Å². The maximum Gasteiger partial charge on any atom is 0.251 e. The number of hydrogen-bond donors (Lipinski definition) is 2. The molecule has 0 aliphatic rings. The van der Waals surface area contributed by atoms with E-state index < -0.39 is 0 Å². The molecule has 0 saturated carbocycles. The van der Waals surface area contributed by atoms with E-state index in [2.05, 4.69) is 20.8 Å². The number of aryl methyl sites for hydroxylation is 1. The van der Waals surface area contributed by atoms with Gasteiger partial charge in [0.25, 0.3) is 5.91 Å². The van der Waals surface area contributed by atoms with Crippen LogP contribution in [0.3, 0.4) is 0 Å². The van der Waals surface area contributed by atoms with Crippen LogP contribution in [0.2, 0.25) is 15.1 Å². The van der Waals surface area contributed by atoms with Crippen molar-refractivity contribution in [2.45, 2.75) is 38.5 Å². The van der Waals surface area contributed by atoms with E-state index in [0.29, 0.717) is 43.8 Å². The molecule has 2 amide bonds. The lowest BCUT2D eigenvalue weighted by atomic mass is 10.1. The summed E-state index contributed by atoms with van der Waals surface area (Å²) < 4.78 is 1.87. The molecular formula is C22H22Cl3N5O2S. The number of amides is 2. The third-order valence-corrected chi connectivity index (χ3v) is 6.69. The number of thioether (sulfide) groups is 1. The monoisotopic (exact) mass is 525 g/mol. The fourth-order valence-electron chi connectivity index (χ4n) is 3.09. The lowest BCUT2D eigenvalue weighted by Crippen LogP contribution is -2.28. The molecule has 0 spiro atoms. The van der Waals surface area contributed by atoms with Crippen LogP contribution in [0, 0.1) is 6.92 Å². The van der Waals surface area contributed by atoms with Crippen molar-refractivity contribution in [1.82, 2.24) is 20.1 Å². The van der Waals surface area contributed by atoms with E-state index in [1.165, 1.54) is 23.9 Å². The van der Waals surface area contributed by atoms with Gasteiger partial charge in [-0.2, -0.15) is 0 Å². The van der Waals surface area contributed by atoms with Crippen molar-refractivity contribution >= 4 is 64.1 Å². The molecule has 0 bridgehead atoms. The van der Waals surface area contributed by atoms with Crippen LogP contribution in [0.5, 0.6) is 0 Å². The average molecular weight is 527 g/mol. The predicted molar refractivity (Wildman–Crippen MR) is 134 cm³/mol. The SMILES string of the molecule is CCn1c(SCC(=O)Nc2cc(Cl)c(Cl)cc2Cl)nnc1[C@@H](C)NC(=O)c1cccc(C)c1. The molecule has 0 radical (unpaired) electrons.